The van der Waals surface area contributed by atoms with Crippen LogP contribution in [0.25, 0.3) is 11.0 Å². The van der Waals surface area contributed by atoms with Gasteiger partial charge in [0.25, 0.3) is 0 Å². The number of aryl methyl sites for hydroxylation is 2. The second-order valence-electron chi connectivity index (χ2n) is 6.39. The molecule has 6 heteroatoms. The highest BCUT2D eigenvalue weighted by Crippen LogP contribution is 2.26. The Morgan fingerprint density at radius 1 is 1.14 bits per heavy atom. The Morgan fingerprint density at radius 3 is 2.71 bits per heavy atom. The molecule has 0 N–H and O–H groups in total. The molecule has 1 heterocycles. The van der Waals surface area contributed by atoms with Gasteiger partial charge >= 0.3 is 11.6 Å². The van der Waals surface area contributed by atoms with Crippen molar-refractivity contribution >= 4 is 28.5 Å². The third kappa shape index (κ3) is 4.73. The fourth-order valence-electron chi connectivity index (χ4n) is 2.94. The molecule has 1 aromatic heterocycles. The monoisotopic (exact) mass is 400 g/mol. The average molecular weight is 401 g/mol. The van der Waals surface area contributed by atoms with Crippen LogP contribution in [0, 0.1) is 6.92 Å². The van der Waals surface area contributed by atoms with Gasteiger partial charge in [0.2, 0.25) is 0 Å². The van der Waals surface area contributed by atoms with Crippen LogP contribution in [-0.2, 0) is 22.6 Å². The van der Waals surface area contributed by atoms with Gasteiger partial charge in [-0.2, -0.15) is 0 Å². The maximum atomic E-state index is 12.2. The molecule has 28 heavy (non-hydrogen) atoms. The molecule has 0 bridgehead atoms. The highest BCUT2D eigenvalue weighted by molar-refractivity contribution is 6.32. The van der Waals surface area contributed by atoms with E-state index >= 15 is 0 Å². The molecule has 0 atom stereocenters. The summed E-state index contributed by atoms with van der Waals surface area (Å²) >= 11 is 6.18. The van der Waals surface area contributed by atoms with Crippen LogP contribution in [0.15, 0.2) is 51.7 Å². The van der Waals surface area contributed by atoms with Crippen LogP contribution in [0.2, 0.25) is 5.02 Å². The van der Waals surface area contributed by atoms with Crippen molar-refractivity contribution in [1.29, 1.82) is 0 Å². The number of esters is 1. The third-order valence-corrected chi connectivity index (χ3v) is 4.78. The summed E-state index contributed by atoms with van der Waals surface area (Å²) in [4.78, 5) is 24.0. The van der Waals surface area contributed by atoms with Crippen molar-refractivity contribution in [3.05, 3.63) is 74.6 Å². The standard InChI is InChI=1S/C22H21ClO5/c1-3-26-19-7-5-4-6-15(19)8-9-21(24)27-13-16-11-22(25)28-20-10-14(2)18(23)12-17(16)20/h4-7,10-12H,3,8-9,13H2,1-2H3. The lowest BCUT2D eigenvalue weighted by atomic mass is 10.1. The lowest BCUT2D eigenvalue weighted by Crippen LogP contribution is -2.09. The van der Waals surface area contributed by atoms with Gasteiger partial charge in [-0.05, 0) is 49.6 Å². The molecular weight excluding hydrogens is 380 g/mol. The summed E-state index contributed by atoms with van der Waals surface area (Å²) in [6, 6.07) is 12.4. The predicted octanol–water partition coefficient (Wildman–Crippen LogP) is 4.83. The van der Waals surface area contributed by atoms with Gasteiger partial charge in [-0.25, -0.2) is 4.79 Å². The zero-order valence-electron chi connectivity index (χ0n) is 15.8. The van der Waals surface area contributed by atoms with E-state index in [1.165, 1.54) is 6.07 Å². The molecule has 3 rings (SSSR count). The summed E-state index contributed by atoms with van der Waals surface area (Å²) in [5.74, 6) is 0.417. The number of rotatable bonds is 7. The van der Waals surface area contributed by atoms with E-state index in [0.717, 1.165) is 16.9 Å². The lowest BCUT2D eigenvalue weighted by Gasteiger charge is -2.10. The Kier molecular flexibility index (Phi) is 6.37. The first-order chi connectivity index (χ1) is 13.5. The topological polar surface area (TPSA) is 65.7 Å². The normalized spacial score (nSPS) is 10.8. The summed E-state index contributed by atoms with van der Waals surface area (Å²) < 4.78 is 16.2. The fraction of sp³-hybridized carbons (Fsp3) is 0.273. The molecule has 0 amide bonds. The Balaban J connectivity index is 1.68. The molecule has 3 aromatic rings. The first-order valence-electron chi connectivity index (χ1n) is 9.07. The van der Waals surface area contributed by atoms with Crippen molar-refractivity contribution in [2.24, 2.45) is 0 Å². The van der Waals surface area contributed by atoms with Crippen molar-refractivity contribution < 1.29 is 18.7 Å². The molecule has 0 saturated carbocycles. The minimum atomic E-state index is -0.495. The van der Waals surface area contributed by atoms with Crippen LogP contribution in [0.4, 0.5) is 0 Å². The van der Waals surface area contributed by atoms with E-state index in [0.29, 0.717) is 34.6 Å². The fourth-order valence-corrected chi connectivity index (χ4v) is 3.11. The predicted molar refractivity (Wildman–Crippen MR) is 108 cm³/mol. The quantitative estimate of drug-likeness (QED) is 0.420. The smallest absolute Gasteiger partial charge is 0.336 e. The van der Waals surface area contributed by atoms with E-state index in [2.05, 4.69) is 0 Å². The molecule has 0 aliphatic carbocycles. The van der Waals surface area contributed by atoms with Crippen LogP contribution < -0.4 is 10.4 Å². The minimum absolute atomic E-state index is 0.0204. The van der Waals surface area contributed by atoms with Gasteiger partial charge in [0.05, 0.1) is 6.61 Å². The summed E-state index contributed by atoms with van der Waals surface area (Å²) in [7, 11) is 0. The van der Waals surface area contributed by atoms with Gasteiger partial charge in [-0.3, -0.25) is 4.79 Å². The number of hydrogen-bond donors (Lipinski definition) is 0. The molecule has 0 radical (unpaired) electrons. The third-order valence-electron chi connectivity index (χ3n) is 4.37. The van der Waals surface area contributed by atoms with E-state index < -0.39 is 5.63 Å². The molecule has 2 aromatic carbocycles. The average Bonchev–Trinajstić information content (AvgIpc) is 2.67. The van der Waals surface area contributed by atoms with Crippen LogP contribution in [0.3, 0.4) is 0 Å². The maximum Gasteiger partial charge on any atom is 0.336 e. The van der Waals surface area contributed by atoms with Crippen molar-refractivity contribution in [3.8, 4) is 5.75 Å². The van der Waals surface area contributed by atoms with E-state index in [1.807, 2.05) is 38.1 Å². The number of fused-ring (bicyclic) bond motifs is 1. The van der Waals surface area contributed by atoms with Gasteiger partial charge in [-0.15, -0.1) is 0 Å². The van der Waals surface area contributed by atoms with Crippen molar-refractivity contribution in [2.45, 2.75) is 33.3 Å². The van der Waals surface area contributed by atoms with Crippen LogP contribution in [0.5, 0.6) is 5.75 Å². The second kappa shape index (κ2) is 8.93. The lowest BCUT2D eigenvalue weighted by molar-refractivity contribution is -0.144. The summed E-state index contributed by atoms with van der Waals surface area (Å²) in [6.45, 7) is 4.29. The first kappa shape index (κ1) is 20.0. The number of hydrogen-bond acceptors (Lipinski definition) is 5. The number of carbonyl (C=O) groups excluding carboxylic acids is 1. The van der Waals surface area contributed by atoms with Gasteiger partial charge in [0.1, 0.15) is 17.9 Å². The van der Waals surface area contributed by atoms with E-state index in [-0.39, 0.29) is 19.0 Å². The number of benzene rings is 2. The SMILES string of the molecule is CCOc1ccccc1CCC(=O)OCc1cc(=O)oc2cc(C)c(Cl)cc12. The number of halogens is 1. The van der Waals surface area contributed by atoms with Crippen molar-refractivity contribution in [1.82, 2.24) is 0 Å². The number of para-hydroxylation sites is 1. The zero-order chi connectivity index (χ0) is 20.1. The van der Waals surface area contributed by atoms with Gasteiger partial charge in [-0.1, -0.05) is 29.8 Å². The van der Waals surface area contributed by atoms with Gasteiger partial charge < -0.3 is 13.9 Å². The van der Waals surface area contributed by atoms with E-state index in [4.69, 9.17) is 25.5 Å². The van der Waals surface area contributed by atoms with E-state index in [1.54, 1.807) is 12.1 Å². The Bertz CT molecular complexity index is 1050. The summed E-state index contributed by atoms with van der Waals surface area (Å²) in [5, 5.41) is 1.21. The Morgan fingerprint density at radius 2 is 1.93 bits per heavy atom. The molecule has 0 unspecified atom stereocenters. The van der Waals surface area contributed by atoms with Gasteiger partial charge in [0.15, 0.2) is 0 Å². The molecule has 146 valence electrons. The summed E-state index contributed by atoms with van der Waals surface area (Å²) in [6.07, 6.45) is 0.723. The van der Waals surface area contributed by atoms with Crippen molar-refractivity contribution in [3.63, 3.8) is 0 Å². The minimum Gasteiger partial charge on any atom is -0.494 e. The summed E-state index contributed by atoms with van der Waals surface area (Å²) in [5.41, 5.74) is 2.25. The molecule has 0 fully saturated rings. The highest BCUT2D eigenvalue weighted by atomic mass is 35.5. The van der Waals surface area contributed by atoms with E-state index in [9.17, 15) is 9.59 Å². The van der Waals surface area contributed by atoms with Gasteiger partial charge in [0, 0.05) is 28.5 Å². The van der Waals surface area contributed by atoms with Crippen LogP contribution >= 0.6 is 11.6 Å². The second-order valence-corrected chi connectivity index (χ2v) is 6.80. The molecule has 0 spiro atoms. The molecule has 0 aliphatic heterocycles. The molecular formula is C22H21ClO5. The molecule has 0 saturated heterocycles. The van der Waals surface area contributed by atoms with Crippen molar-refractivity contribution in [2.75, 3.05) is 6.61 Å². The number of carbonyl (C=O) groups is 1. The highest BCUT2D eigenvalue weighted by Gasteiger charge is 2.12. The van der Waals surface area contributed by atoms with Crippen LogP contribution in [-0.4, -0.2) is 12.6 Å². The molecule has 5 nitrogen and oxygen atoms in total. The molecule has 0 aliphatic rings. The number of ether oxygens (including phenoxy) is 2. The Hall–Kier alpha value is -2.79. The Labute approximate surface area is 167 Å². The zero-order valence-corrected chi connectivity index (χ0v) is 16.5. The van der Waals surface area contributed by atoms with Crippen LogP contribution in [0.1, 0.15) is 30.0 Å². The largest absolute Gasteiger partial charge is 0.494 e. The first-order valence-corrected chi connectivity index (χ1v) is 9.45. The maximum absolute atomic E-state index is 12.2.